The first-order valence-electron chi connectivity index (χ1n) is 6.91. The van der Waals surface area contributed by atoms with Gasteiger partial charge >= 0.3 is 0 Å². The number of ether oxygens (including phenoxy) is 2. The normalized spacial score (nSPS) is 11.9. The standard InChI is InChI=1S/C15H24N2O3/c1-3-4-14(16)15(18)17-9-10-20-11-12-5-7-13(19-2)8-6-12/h5-8,14H,3-4,9-11,16H2,1-2H3,(H,17,18). The summed E-state index contributed by atoms with van der Waals surface area (Å²) in [6.45, 7) is 3.47. The van der Waals surface area contributed by atoms with Gasteiger partial charge in [0, 0.05) is 6.54 Å². The van der Waals surface area contributed by atoms with Gasteiger partial charge in [0.25, 0.3) is 0 Å². The molecule has 112 valence electrons. The van der Waals surface area contributed by atoms with E-state index in [9.17, 15) is 4.79 Å². The van der Waals surface area contributed by atoms with E-state index in [1.165, 1.54) is 0 Å². The molecule has 0 bridgehead atoms. The lowest BCUT2D eigenvalue weighted by molar-refractivity contribution is -0.122. The van der Waals surface area contributed by atoms with Crippen LogP contribution in [0.15, 0.2) is 24.3 Å². The first-order valence-corrected chi connectivity index (χ1v) is 6.91. The van der Waals surface area contributed by atoms with E-state index in [4.69, 9.17) is 15.2 Å². The van der Waals surface area contributed by atoms with Crippen molar-refractivity contribution in [3.8, 4) is 5.75 Å². The molecule has 1 unspecified atom stereocenters. The number of rotatable bonds is 9. The number of nitrogens with one attached hydrogen (secondary N) is 1. The molecule has 5 heteroatoms. The molecule has 20 heavy (non-hydrogen) atoms. The highest BCUT2D eigenvalue weighted by atomic mass is 16.5. The number of nitrogens with two attached hydrogens (primary N) is 1. The number of carbonyl (C=O) groups is 1. The second kappa shape index (κ2) is 9.34. The molecule has 1 aromatic rings. The summed E-state index contributed by atoms with van der Waals surface area (Å²) < 4.78 is 10.6. The fourth-order valence-electron chi connectivity index (χ4n) is 1.73. The molecule has 0 aromatic heterocycles. The third-order valence-electron chi connectivity index (χ3n) is 2.91. The summed E-state index contributed by atoms with van der Waals surface area (Å²) in [5.41, 5.74) is 6.77. The Balaban J connectivity index is 2.13. The van der Waals surface area contributed by atoms with Crippen molar-refractivity contribution in [2.24, 2.45) is 5.73 Å². The maximum absolute atomic E-state index is 11.5. The summed E-state index contributed by atoms with van der Waals surface area (Å²) in [6.07, 6.45) is 1.61. The minimum Gasteiger partial charge on any atom is -0.497 e. The van der Waals surface area contributed by atoms with Gasteiger partial charge in [0.15, 0.2) is 0 Å². The molecule has 3 N–H and O–H groups in total. The predicted molar refractivity (Wildman–Crippen MR) is 78.5 cm³/mol. The molecule has 1 rings (SSSR count). The zero-order chi connectivity index (χ0) is 14.8. The second-order valence-electron chi connectivity index (χ2n) is 4.59. The fraction of sp³-hybridized carbons (Fsp3) is 0.533. The Labute approximate surface area is 120 Å². The highest BCUT2D eigenvalue weighted by Gasteiger charge is 2.10. The number of hydrogen-bond donors (Lipinski definition) is 2. The number of benzene rings is 1. The highest BCUT2D eigenvalue weighted by molar-refractivity contribution is 5.81. The zero-order valence-corrected chi connectivity index (χ0v) is 12.2. The summed E-state index contributed by atoms with van der Waals surface area (Å²) in [4.78, 5) is 11.5. The molecular formula is C15H24N2O3. The fourth-order valence-corrected chi connectivity index (χ4v) is 1.73. The lowest BCUT2D eigenvalue weighted by atomic mass is 10.2. The minimum absolute atomic E-state index is 0.111. The molecule has 0 saturated heterocycles. The Bertz CT molecular complexity index is 393. The van der Waals surface area contributed by atoms with Gasteiger partial charge in [0.1, 0.15) is 5.75 Å². The van der Waals surface area contributed by atoms with Gasteiger partial charge in [-0.25, -0.2) is 0 Å². The first-order chi connectivity index (χ1) is 9.67. The summed E-state index contributed by atoms with van der Waals surface area (Å²) in [6, 6.07) is 7.28. The minimum atomic E-state index is -0.415. The molecule has 0 aliphatic heterocycles. The topological polar surface area (TPSA) is 73.6 Å². The van der Waals surface area contributed by atoms with Gasteiger partial charge in [0.05, 0.1) is 26.4 Å². The van der Waals surface area contributed by atoms with E-state index < -0.39 is 6.04 Å². The summed E-state index contributed by atoms with van der Waals surface area (Å²) in [5.74, 6) is 0.714. The van der Waals surface area contributed by atoms with Gasteiger partial charge in [-0.1, -0.05) is 25.5 Å². The average Bonchev–Trinajstić information content (AvgIpc) is 2.47. The SMILES string of the molecule is CCCC(N)C(=O)NCCOCc1ccc(OC)cc1. The summed E-state index contributed by atoms with van der Waals surface area (Å²) in [5, 5.41) is 2.76. The number of amides is 1. The maximum Gasteiger partial charge on any atom is 0.236 e. The van der Waals surface area contributed by atoms with E-state index in [2.05, 4.69) is 5.32 Å². The molecular weight excluding hydrogens is 256 g/mol. The van der Waals surface area contributed by atoms with Crippen LogP contribution in [0.5, 0.6) is 5.75 Å². The van der Waals surface area contributed by atoms with Crippen LogP contribution in [-0.2, 0) is 16.1 Å². The monoisotopic (exact) mass is 280 g/mol. The Morgan fingerprint density at radius 2 is 2.05 bits per heavy atom. The molecule has 1 atom stereocenters. The molecule has 5 nitrogen and oxygen atoms in total. The smallest absolute Gasteiger partial charge is 0.236 e. The van der Waals surface area contributed by atoms with E-state index in [-0.39, 0.29) is 5.91 Å². The molecule has 1 amide bonds. The van der Waals surface area contributed by atoms with Crippen LogP contribution >= 0.6 is 0 Å². The van der Waals surface area contributed by atoms with Crippen LogP contribution < -0.4 is 15.8 Å². The molecule has 0 spiro atoms. The Morgan fingerprint density at radius 1 is 1.35 bits per heavy atom. The van der Waals surface area contributed by atoms with Crippen molar-refractivity contribution in [1.82, 2.24) is 5.32 Å². The van der Waals surface area contributed by atoms with E-state index in [0.29, 0.717) is 26.2 Å². The van der Waals surface area contributed by atoms with Crippen LogP contribution in [0.25, 0.3) is 0 Å². The quantitative estimate of drug-likeness (QED) is 0.672. The summed E-state index contributed by atoms with van der Waals surface area (Å²) in [7, 11) is 1.64. The first kappa shape index (κ1) is 16.5. The van der Waals surface area contributed by atoms with Crippen LogP contribution in [0, 0.1) is 0 Å². The van der Waals surface area contributed by atoms with Crippen molar-refractivity contribution in [2.45, 2.75) is 32.4 Å². The van der Waals surface area contributed by atoms with E-state index in [1.807, 2.05) is 31.2 Å². The van der Waals surface area contributed by atoms with Crippen molar-refractivity contribution in [1.29, 1.82) is 0 Å². The van der Waals surface area contributed by atoms with Crippen LogP contribution in [0.4, 0.5) is 0 Å². The van der Waals surface area contributed by atoms with Gasteiger partial charge in [-0.3, -0.25) is 4.79 Å². The molecule has 0 radical (unpaired) electrons. The predicted octanol–water partition coefficient (Wildman–Crippen LogP) is 1.46. The largest absolute Gasteiger partial charge is 0.497 e. The number of carbonyl (C=O) groups excluding carboxylic acids is 1. The molecule has 0 aliphatic carbocycles. The van der Waals surface area contributed by atoms with Crippen molar-refractivity contribution in [2.75, 3.05) is 20.3 Å². The molecule has 0 aliphatic rings. The van der Waals surface area contributed by atoms with Crippen molar-refractivity contribution < 1.29 is 14.3 Å². The maximum atomic E-state index is 11.5. The Hall–Kier alpha value is -1.59. The van der Waals surface area contributed by atoms with Crippen molar-refractivity contribution in [3.05, 3.63) is 29.8 Å². The lowest BCUT2D eigenvalue weighted by Crippen LogP contribution is -2.41. The Kier molecular flexibility index (Phi) is 7.69. The third kappa shape index (κ3) is 6.04. The average molecular weight is 280 g/mol. The molecule has 1 aromatic carbocycles. The molecule has 0 saturated carbocycles. The zero-order valence-electron chi connectivity index (χ0n) is 12.2. The third-order valence-corrected chi connectivity index (χ3v) is 2.91. The molecule has 0 heterocycles. The van der Waals surface area contributed by atoms with Crippen LogP contribution in [-0.4, -0.2) is 32.2 Å². The van der Waals surface area contributed by atoms with Gasteiger partial charge < -0.3 is 20.5 Å². The highest BCUT2D eigenvalue weighted by Crippen LogP contribution is 2.11. The van der Waals surface area contributed by atoms with Crippen LogP contribution in [0.1, 0.15) is 25.3 Å². The van der Waals surface area contributed by atoms with Gasteiger partial charge in [0.2, 0.25) is 5.91 Å². The van der Waals surface area contributed by atoms with Gasteiger partial charge in [-0.15, -0.1) is 0 Å². The van der Waals surface area contributed by atoms with Crippen molar-refractivity contribution in [3.63, 3.8) is 0 Å². The summed E-state index contributed by atoms with van der Waals surface area (Å²) >= 11 is 0. The van der Waals surface area contributed by atoms with E-state index in [1.54, 1.807) is 7.11 Å². The van der Waals surface area contributed by atoms with Gasteiger partial charge in [-0.05, 0) is 24.1 Å². The van der Waals surface area contributed by atoms with Crippen molar-refractivity contribution >= 4 is 5.91 Å². The second-order valence-corrected chi connectivity index (χ2v) is 4.59. The van der Waals surface area contributed by atoms with E-state index >= 15 is 0 Å². The Morgan fingerprint density at radius 3 is 2.65 bits per heavy atom. The van der Waals surface area contributed by atoms with Gasteiger partial charge in [-0.2, -0.15) is 0 Å². The van der Waals surface area contributed by atoms with E-state index in [0.717, 1.165) is 17.7 Å². The lowest BCUT2D eigenvalue weighted by Gasteiger charge is -2.11. The number of methoxy groups -OCH3 is 1. The van der Waals surface area contributed by atoms with Crippen LogP contribution in [0.3, 0.4) is 0 Å². The molecule has 0 fully saturated rings. The number of hydrogen-bond acceptors (Lipinski definition) is 4. The van der Waals surface area contributed by atoms with Crippen LogP contribution in [0.2, 0.25) is 0 Å².